The average molecular weight is 416 g/mol. The fourth-order valence-corrected chi connectivity index (χ4v) is 3.25. The van der Waals surface area contributed by atoms with Crippen molar-refractivity contribution in [2.45, 2.75) is 55.1 Å². The van der Waals surface area contributed by atoms with Crippen LogP contribution in [0.25, 0.3) is 0 Å². The van der Waals surface area contributed by atoms with Gasteiger partial charge in [0, 0.05) is 0 Å². The first-order valence-corrected chi connectivity index (χ1v) is 9.45. The molecule has 0 saturated carbocycles. The summed E-state index contributed by atoms with van der Waals surface area (Å²) in [6.45, 7) is -1.13. The van der Waals surface area contributed by atoms with Crippen LogP contribution >= 0.6 is 0 Å². The van der Waals surface area contributed by atoms with E-state index in [2.05, 4.69) is 0 Å². The summed E-state index contributed by atoms with van der Waals surface area (Å²) in [7, 11) is 0. The normalized spacial score (nSPS) is 40.3. The molecule has 8 atom stereocenters. The van der Waals surface area contributed by atoms with Gasteiger partial charge in [-0.3, -0.25) is 0 Å². The van der Waals surface area contributed by atoms with Crippen molar-refractivity contribution >= 4 is 0 Å². The minimum absolute atomic E-state index is 0.218. The van der Waals surface area contributed by atoms with Crippen molar-refractivity contribution < 1.29 is 49.6 Å². The van der Waals surface area contributed by atoms with E-state index in [4.69, 9.17) is 24.1 Å². The third kappa shape index (κ3) is 5.12. The second-order valence-electron chi connectivity index (χ2n) is 7.34. The van der Waals surface area contributed by atoms with Crippen LogP contribution in [0.3, 0.4) is 0 Å². The SMILES string of the molecule is OCC1(O)COC(OCC2OC(OCCc3ccccc3)C(O)C(O)C2O)C1O. The van der Waals surface area contributed by atoms with Crippen molar-refractivity contribution in [1.29, 1.82) is 0 Å². The molecule has 6 N–H and O–H groups in total. The standard InChI is InChI=1S/C19H28O10/c20-9-19(25)10-28-18(16(19)24)27-8-12-13(21)14(22)15(23)17(29-12)26-7-6-11-4-2-1-3-5-11/h1-5,12-18,20-25H,6-10H2. The third-order valence-corrected chi connectivity index (χ3v) is 5.19. The molecule has 1 aromatic carbocycles. The Morgan fingerprint density at radius 3 is 2.34 bits per heavy atom. The first-order chi connectivity index (χ1) is 13.9. The van der Waals surface area contributed by atoms with Gasteiger partial charge in [-0.1, -0.05) is 30.3 Å². The molecule has 2 aliphatic rings. The van der Waals surface area contributed by atoms with Gasteiger partial charge in [-0.15, -0.1) is 0 Å². The van der Waals surface area contributed by atoms with Gasteiger partial charge in [0.05, 0.1) is 26.4 Å². The molecule has 3 rings (SSSR count). The van der Waals surface area contributed by atoms with Gasteiger partial charge in [-0.25, -0.2) is 0 Å². The van der Waals surface area contributed by atoms with Gasteiger partial charge in [-0.05, 0) is 12.0 Å². The number of rotatable bonds is 8. The molecule has 164 valence electrons. The summed E-state index contributed by atoms with van der Waals surface area (Å²) in [4.78, 5) is 0. The summed E-state index contributed by atoms with van der Waals surface area (Å²) in [6, 6.07) is 9.54. The van der Waals surface area contributed by atoms with Crippen LogP contribution in [0.2, 0.25) is 0 Å². The number of benzene rings is 1. The van der Waals surface area contributed by atoms with Gasteiger partial charge in [0.25, 0.3) is 0 Å². The highest BCUT2D eigenvalue weighted by Gasteiger charge is 2.50. The second-order valence-corrected chi connectivity index (χ2v) is 7.34. The lowest BCUT2D eigenvalue weighted by Gasteiger charge is -2.40. The summed E-state index contributed by atoms with van der Waals surface area (Å²) < 4.78 is 21.6. The minimum Gasteiger partial charge on any atom is -0.393 e. The van der Waals surface area contributed by atoms with Gasteiger partial charge in [0.1, 0.15) is 36.1 Å². The van der Waals surface area contributed by atoms with Crippen LogP contribution < -0.4 is 0 Å². The van der Waals surface area contributed by atoms with Crippen LogP contribution in [0.5, 0.6) is 0 Å². The van der Waals surface area contributed by atoms with Crippen LogP contribution in [0, 0.1) is 0 Å². The molecule has 0 aliphatic carbocycles. The van der Waals surface area contributed by atoms with Crippen molar-refractivity contribution in [1.82, 2.24) is 0 Å². The maximum absolute atomic E-state index is 10.2. The molecule has 2 aliphatic heterocycles. The summed E-state index contributed by atoms with van der Waals surface area (Å²) >= 11 is 0. The lowest BCUT2D eigenvalue weighted by molar-refractivity contribution is -0.309. The monoisotopic (exact) mass is 416 g/mol. The van der Waals surface area contributed by atoms with E-state index in [-0.39, 0.29) is 19.8 Å². The molecule has 0 amide bonds. The molecule has 0 spiro atoms. The molecule has 8 unspecified atom stereocenters. The summed E-state index contributed by atoms with van der Waals surface area (Å²) in [5.74, 6) is 0. The van der Waals surface area contributed by atoms with Gasteiger partial charge in [-0.2, -0.15) is 0 Å². The second kappa shape index (κ2) is 9.75. The van der Waals surface area contributed by atoms with E-state index in [1.807, 2.05) is 30.3 Å². The molecular weight excluding hydrogens is 388 g/mol. The number of aliphatic hydroxyl groups is 6. The highest BCUT2D eigenvalue weighted by Crippen LogP contribution is 2.27. The fourth-order valence-electron chi connectivity index (χ4n) is 3.25. The largest absolute Gasteiger partial charge is 0.393 e. The number of hydrogen-bond donors (Lipinski definition) is 6. The smallest absolute Gasteiger partial charge is 0.186 e. The lowest BCUT2D eigenvalue weighted by Crippen LogP contribution is -2.59. The van der Waals surface area contributed by atoms with Crippen LogP contribution in [-0.4, -0.2) is 106 Å². The Balaban J connectivity index is 1.52. The molecule has 0 bridgehead atoms. The molecule has 2 fully saturated rings. The lowest BCUT2D eigenvalue weighted by atomic mass is 9.99. The van der Waals surface area contributed by atoms with Crippen molar-refractivity contribution in [3.8, 4) is 0 Å². The molecule has 2 heterocycles. The number of aliphatic hydroxyl groups excluding tert-OH is 5. The van der Waals surface area contributed by atoms with E-state index < -0.39 is 55.3 Å². The Morgan fingerprint density at radius 1 is 0.966 bits per heavy atom. The van der Waals surface area contributed by atoms with Crippen molar-refractivity contribution in [3.05, 3.63) is 35.9 Å². The van der Waals surface area contributed by atoms with E-state index >= 15 is 0 Å². The zero-order valence-electron chi connectivity index (χ0n) is 15.8. The molecule has 0 radical (unpaired) electrons. The van der Waals surface area contributed by atoms with Gasteiger partial charge in [0.2, 0.25) is 0 Å². The Bertz CT molecular complexity index is 631. The molecule has 10 heteroatoms. The quantitative estimate of drug-likeness (QED) is 0.268. The Labute approximate surface area is 167 Å². The first kappa shape index (κ1) is 22.5. The van der Waals surface area contributed by atoms with E-state index in [9.17, 15) is 25.5 Å². The first-order valence-electron chi connectivity index (χ1n) is 9.45. The highest BCUT2D eigenvalue weighted by molar-refractivity contribution is 5.14. The molecule has 1 aromatic rings. The molecule has 29 heavy (non-hydrogen) atoms. The van der Waals surface area contributed by atoms with Crippen LogP contribution in [0.1, 0.15) is 5.56 Å². The summed E-state index contributed by atoms with van der Waals surface area (Å²) in [5, 5.41) is 59.5. The zero-order valence-corrected chi connectivity index (χ0v) is 15.8. The Kier molecular flexibility index (Phi) is 7.57. The third-order valence-electron chi connectivity index (χ3n) is 5.19. The van der Waals surface area contributed by atoms with Crippen LogP contribution in [0.15, 0.2) is 30.3 Å². The van der Waals surface area contributed by atoms with Crippen molar-refractivity contribution in [3.63, 3.8) is 0 Å². The predicted molar refractivity (Wildman–Crippen MR) is 96.5 cm³/mol. The molecule has 10 nitrogen and oxygen atoms in total. The Morgan fingerprint density at radius 2 is 1.69 bits per heavy atom. The van der Waals surface area contributed by atoms with Crippen LogP contribution in [0.4, 0.5) is 0 Å². The zero-order chi connectivity index (χ0) is 21.0. The number of hydrogen-bond acceptors (Lipinski definition) is 10. The fraction of sp³-hybridized carbons (Fsp3) is 0.684. The van der Waals surface area contributed by atoms with Gasteiger partial charge < -0.3 is 49.6 Å². The van der Waals surface area contributed by atoms with E-state index in [0.717, 1.165) is 5.56 Å². The molecule has 0 aromatic heterocycles. The highest BCUT2D eigenvalue weighted by atomic mass is 16.7. The van der Waals surface area contributed by atoms with Gasteiger partial charge >= 0.3 is 0 Å². The minimum atomic E-state index is -1.84. The van der Waals surface area contributed by atoms with Crippen molar-refractivity contribution in [2.24, 2.45) is 0 Å². The van der Waals surface area contributed by atoms with E-state index in [1.165, 1.54) is 0 Å². The maximum atomic E-state index is 10.2. The molecular formula is C19H28O10. The van der Waals surface area contributed by atoms with Crippen LogP contribution in [-0.2, 0) is 25.4 Å². The Hall–Kier alpha value is -1.18. The summed E-state index contributed by atoms with van der Waals surface area (Å²) in [6.07, 6.45) is -8.88. The molecule has 2 saturated heterocycles. The maximum Gasteiger partial charge on any atom is 0.186 e. The van der Waals surface area contributed by atoms with E-state index in [0.29, 0.717) is 6.42 Å². The summed E-state index contributed by atoms with van der Waals surface area (Å²) in [5.41, 5.74) is -0.808. The van der Waals surface area contributed by atoms with Crippen molar-refractivity contribution in [2.75, 3.05) is 26.4 Å². The topological polar surface area (TPSA) is 158 Å². The number of ether oxygens (including phenoxy) is 4. The average Bonchev–Trinajstić information content (AvgIpc) is 3.02. The predicted octanol–water partition coefficient (Wildman–Crippen LogP) is -2.49. The van der Waals surface area contributed by atoms with E-state index in [1.54, 1.807) is 0 Å². The van der Waals surface area contributed by atoms with Gasteiger partial charge in [0.15, 0.2) is 12.6 Å².